The molecule has 0 saturated carbocycles. The van der Waals surface area contributed by atoms with Crippen molar-refractivity contribution in [2.45, 2.75) is 233 Å². The van der Waals surface area contributed by atoms with Crippen LogP contribution >= 0.6 is 0 Å². The van der Waals surface area contributed by atoms with Crippen LogP contribution in [0.25, 0.3) is 10.9 Å². The molecule has 0 bridgehead atoms. The fourth-order valence-corrected chi connectivity index (χ4v) is 16.7. The molecule has 2 aromatic heterocycles. The average Bonchev–Trinajstić information content (AvgIpc) is 0.863. The minimum atomic E-state index is -2.57. The number of fused-ring (bicyclic) bond motifs is 4. The number of hydrogen-bond acceptors (Lipinski definition) is 29. The summed E-state index contributed by atoms with van der Waals surface area (Å²) < 4.78 is 22.9. The van der Waals surface area contributed by atoms with Crippen LogP contribution < -0.4 is 21.5 Å². The summed E-state index contributed by atoms with van der Waals surface area (Å²) in [6.45, 7) is 2.33. The number of Topliss-reactive ketones (excluding diaryl/α,β-unsaturated/α-hetero) is 1. The lowest BCUT2D eigenvalue weighted by Gasteiger charge is -2.42. The number of carbonyl (C=O) groups is 5. The van der Waals surface area contributed by atoms with Gasteiger partial charge in [0.1, 0.15) is 83.5 Å². The fourth-order valence-electron chi connectivity index (χ4n) is 16.7. The number of benzene rings is 4. The smallest absolute Gasteiger partial charge is 0.306 e. The number of aromatic amines is 2. The van der Waals surface area contributed by atoms with Gasteiger partial charge in [-0.25, -0.2) is 49.9 Å². The van der Waals surface area contributed by atoms with Crippen LogP contribution in [-0.2, 0) is 54.3 Å². The molecule has 11 rings (SSSR count). The Kier molecular flexibility index (Phi) is 35.2. The second kappa shape index (κ2) is 46.8. The number of guanidine groups is 1. The molecule has 15 unspecified atom stereocenters. The van der Waals surface area contributed by atoms with Crippen LogP contribution in [0.5, 0.6) is 23.0 Å². The van der Waals surface area contributed by atoms with Gasteiger partial charge in [-0.05, 0) is 112 Å². The number of amides is 1. The Morgan fingerprint density at radius 1 is 0.721 bits per heavy atom. The van der Waals surface area contributed by atoms with E-state index in [0.29, 0.717) is 34.1 Å². The molecule has 732 valence electrons. The highest BCUT2D eigenvalue weighted by atomic mass is 16.7. The minimum absolute atomic E-state index is 0.00574. The van der Waals surface area contributed by atoms with Crippen LogP contribution in [0.3, 0.4) is 0 Å². The summed E-state index contributed by atoms with van der Waals surface area (Å²) in [5.41, 5.74) is 9.00. The zero-order chi connectivity index (χ0) is 98.5. The molecule has 136 heavy (non-hydrogen) atoms. The maximum atomic E-state index is 14.7. The van der Waals surface area contributed by atoms with Gasteiger partial charge < -0.3 is 137 Å². The zero-order valence-corrected chi connectivity index (χ0v) is 75.2. The van der Waals surface area contributed by atoms with Gasteiger partial charge in [0.15, 0.2) is 48.4 Å². The summed E-state index contributed by atoms with van der Waals surface area (Å²) in [6.07, 6.45) is -2.78. The number of esters is 1. The van der Waals surface area contributed by atoms with E-state index < -0.39 is 240 Å². The number of phenols is 3. The molecule has 0 radical (unpaired) electrons. The average molecular weight is 1890 g/mol. The maximum Gasteiger partial charge on any atom is 0.306 e. The van der Waals surface area contributed by atoms with Crippen molar-refractivity contribution in [1.29, 1.82) is 10.8 Å². The van der Waals surface area contributed by atoms with Crippen LogP contribution in [0, 0.1) is 16.7 Å². The second-order valence-corrected chi connectivity index (χ2v) is 34.3. The molecule has 2 fully saturated rings. The zero-order valence-electron chi connectivity index (χ0n) is 75.2. The van der Waals surface area contributed by atoms with E-state index >= 15 is 0 Å². The Hall–Kier alpha value is -14.0. The first-order valence-electron chi connectivity index (χ1n) is 44.5. The summed E-state index contributed by atoms with van der Waals surface area (Å²) in [4.78, 5) is 125. The number of aromatic hydroxyl groups is 3. The summed E-state index contributed by atoms with van der Waals surface area (Å²) in [6, 6.07) is 2.91. The number of nitrogens with one attached hydrogen (secondary N) is 5. The number of unbranched alkanes of at least 4 members (excludes halogenated alkanes) is 1. The summed E-state index contributed by atoms with van der Waals surface area (Å²) in [5, 5.41) is 213. The number of ether oxygens (including phenoxy) is 4. The molecule has 45 heteroatoms. The molecule has 4 aromatic carbocycles. The summed E-state index contributed by atoms with van der Waals surface area (Å²) >= 11 is 0. The third-order valence-electron chi connectivity index (χ3n) is 23.8. The summed E-state index contributed by atoms with van der Waals surface area (Å²) in [7, 11) is 1.27. The third kappa shape index (κ3) is 26.1. The number of hydrogen-bond donors (Lipinski definition) is 24. The van der Waals surface area contributed by atoms with Crippen molar-refractivity contribution in [3.8, 4) is 23.0 Å². The Morgan fingerprint density at radius 3 is 2.04 bits per heavy atom. The Bertz CT molecular complexity index is 5620. The Morgan fingerprint density at radius 2 is 1.38 bits per heavy atom. The lowest BCUT2D eigenvalue weighted by atomic mass is 9.72. The minimum Gasteiger partial charge on any atom is -0.508 e. The topological polar surface area (TPSA) is 749 Å². The molecule has 1 amide bonds. The molecule has 5 heterocycles. The first-order valence-corrected chi connectivity index (χ1v) is 44.5. The predicted molar refractivity (Wildman–Crippen MR) is 500 cm³/mol. The van der Waals surface area contributed by atoms with Crippen molar-refractivity contribution in [1.82, 2.24) is 25.2 Å². The number of ketones is 3. The normalized spacial score (nSPS) is 22.1. The lowest BCUT2D eigenvalue weighted by molar-refractivity contribution is -0.247. The molecule has 2 aliphatic carbocycles. The van der Waals surface area contributed by atoms with Gasteiger partial charge in [-0.3, -0.25) is 39.8 Å². The van der Waals surface area contributed by atoms with Crippen LogP contribution in [0.2, 0.25) is 0 Å². The predicted octanol–water partition coefficient (Wildman–Crippen LogP) is 6.67. The van der Waals surface area contributed by atoms with Gasteiger partial charge in [0.25, 0.3) is 0 Å². The Labute approximate surface area is 779 Å². The summed E-state index contributed by atoms with van der Waals surface area (Å²) in [5.74, 6) is -14.9. The number of nitrogens with two attached hydrogens (primary N) is 2. The number of aliphatic hydroxyl groups is 14. The monoisotopic (exact) mass is 1890 g/mol. The van der Waals surface area contributed by atoms with Gasteiger partial charge in [0, 0.05) is 129 Å². The van der Waals surface area contributed by atoms with Crippen LogP contribution in [0.4, 0.5) is 0 Å². The van der Waals surface area contributed by atoms with Crippen molar-refractivity contribution in [3.05, 3.63) is 136 Å². The number of aliphatic imine (C=N–C) groups is 10. The van der Waals surface area contributed by atoms with E-state index in [1.807, 2.05) is 0 Å². The third-order valence-corrected chi connectivity index (χ3v) is 23.8. The van der Waals surface area contributed by atoms with Gasteiger partial charge in [-0.15, -0.1) is 0 Å². The van der Waals surface area contributed by atoms with Crippen molar-refractivity contribution in [3.63, 3.8) is 0 Å². The first-order chi connectivity index (χ1) is 64.8. The highest BCUT2D eigenvalue weighted by Crippen LogP contribution is 2.53. The van der Waals surface area contributed by atoms with E-state index in [0.717, 1.165) is 0 Å². The van der Waals surface area contributed by atoms with Gasteiger partial charge in [0.2, 0.25) is 64.7 Å². The molecule has 45 nitrogen and oxygen atoms in total. The molecule has 6 aromatic rings. The molecular formula is C91H117N19O26. The first kappa shape index (κ1) is 102. The number of carbonyl (C=O) groups excluding carboxylic acids is 5. The molecule has 3 aliphatic heterocycles. The number of aliphatic hydroxyl groups excluding tert-OH is 13. The number of para-hydroxylation sites is 1. The van der Waals surface area contributed by atoms with Gasteiger partial charge in [-0.2, -0.15) is 0 Å². The highest BCUT2D eigenvalue weighted by molar-refractivity contribution is 6.31. The second-order valence-electron chi connectivity index (χ2n) is 34.3. The van der Waals surface area contributed by atoms with Crippen LogP contribution in [0.15, 0.2) is 135 Å². The Balaban J connectivity index is 0.853. The maximum absolute atomic E-state index is 14.7. The fraction of sp³-hybridized carbons (Fsp3) is 0.495. The van der Waals surface area contributed by atoms with E-state index in [4.69, 9.17) is 41.2 Å². The molecule has 0 spiro atoms. The van der Waals surface area contributed by atoms with Gasteiger partial charge >= 0.3 is 5.97 Å². The number of imidazole rings is 1. The quantitative estimate of drug-likeness (QED) is 0.00623. The molecule has 15 atom stereocenters. The molecule has 2 saturated heterocycles. The molecule has 26 N–H and O–H groups in total. The number of phenolic OH excluding ortho intramolecular Hbond substituents is 3. The standard InChI is InChI=1S/C91H117N19O26/c1-44(2)31-58(83(125)104-57(17-11-29-98-90(94)95)89(131)110-30-12-18-63(110)88(130)100-40-67(93)114)105-81(123)55(16-7-8-28-97-68(115)20-10-21-70(117)134-42-66(113)91(132)36-52-73(65(37-91)136-71-35-53(92)76(118)45(3)135-71)80(122)75-74(78(52)120)77(119)51-14-9-19-64(133-4)72(51)79(75)121)103-84(126)59(32-46-22-24-49(112)25-23-46)106-87(129)62(41-111)109-85(127)60(33-47-38-99-54-15-6-5-13-50(47)54)107-86(128)61(34-48-39-96-43-101-48)108-82(124)56-26-27-69(116)102-56/h5-6,9,13-15,19,22-25,38-39,43-45,53,55-63,65,71,76,99,111-112,118,120,122,132H,7-8,10-12,16-18,20-21,26-37,40-42,92H2,1-4H3,(H2,93,114)(H,96,101)(H,97,115)(H,100,130)(H,102,116)(H,103,126)(H,104,125)(H,105,123)(H,106,129)(H,107,128)(H,108,124)(H,109,127)(H4,94,95,98). The van der Waals surface area contributed by atoms with Crippen LogP contribution in [0.1, 0.15) is 183 Å². The number of H-pyrrole nitrogens is 2. The molecular weight excluding hydrogens is 1780 g/mol. The number of rotatable bonds is 46. The van der Waals surface area contributed by atoms with E-state index in [1.165, 1.54) is 73.9 Å². The molecule has 5 aliphatic rings. The van der Waals surface area contributed by atoms with E-state index in [9.17, 15) is 111 Å². The number of nitrogens with zero attached hydrogens (tertiary/aromatic N) is 12. The lowest BCUT2D eigenvalue weighted by Crippen LogP contribution is -2.53. The van der Waals surface area contributed by atoms with Crippen LogP contribution in [-0.4, -0.2) is 338 Å². The van der Waals surface area contributed by atoms with Crippen molar-refractivity contribution in [2.75, 3.05) is 46.5 Å². The van der Waals surface area contributed by atoms with E-state index in [2.05, 4.69) is 70.2 Å². The van der Waals surface area contributed by atoms with Crippen molar-refractivity contribution >= 4 is 111 Å². The highest BCUT2D eigenvalue weighted by Gasteiger charge is 2.51. The number of likely N-dealkylation sites (tertiary alicyclic amines) is 1. The SMILES string of the molecule is COc1cccc2c1C(=O)c1c(O)c3c(c(O)c1C2=O)CC(O)(C(=O)COC(=O)CCCC(O)=NCCCCC(N=C(O)C(Cc1ccc(O)cc1)N=C(O)C(CO)N=C(O)C(Cc1c[nH]c2ccccc12)N=C(O)C(Cc1cnc[nH]1)N=C(O)C1CCC(O)=N1)C(O)=NC(CC(C)C)C(O)=NC(CCCNC(=N)N)C(=O)N1CCCC1C(O)=NCC(=N)O)CC3OC1CC(N)C(O)C(C)O1. The van der Waals surface area contributed by atoms with Gasteiger partial charge in [-0.1, -0.05) is 56.3 Å². The largest absolute Gasteiger partial charge is 0.508 e. The van der Waals surface area contributed by atoms with E-state index in [1.54, 1.807) is 44.3 Å². The van der Waals surface area contributed by atoms with Crippen molar-refractivity contribution < 1.29 is 130 Å². The number of aromatic nitrogens is 3. The van der Waals surface area contributed by atoms with Crippen molar-refractivity contribution in [2.24, 2.45) is 67.3 Å². The van der Waals surface area contributed by atoms with E-state index in [-0.39, 0.29) is 167 Å². The number of methoxy groups -OCH3 is 1. The van der Waals surface area contributed by atoms with Gasteiger partial charge in [0.05, 0.1) is 55.0 Å².